The third kappa shape index (κ3) is 3.43. The molecule has 0 spiro atoms. The number of aromatic amines is 1. The molecule has 1 amide bonds. The highest BCUT2D eigenvalue weighted by atomic mass is 16.2. The van der Waals surface area contributed by atoms with Gasteiger partial charge in [-0.05, 0) is 44.7 Å². The van der Waals surface area contributed by atoms with Crippen molar-refractivity contribution in [3.05, 3.63) is 53.5 Å². The van der Waals surface area contributed by atoms with Gasteiger partial charge in [0, 0.05) is 48.9 Å². The van der Waals surface area contributed by atoms with E-state index in [1.54, 1.807) is 6.20 Å². The molecular weight excluding hydrogens is 416 g/mol. The summed E-state index contributed by atoms with van der Waals surface area (Å²) in [4.78, 5) is 22.8. The second kappa shape index (κ2) is 7.84. The molecule has 6 rings (SSSR count). The number of H-pyrrole nitrogens is 1. The van der Waals surface area contributed by atoms with Gasteiger partial charge in [0.15, 0.2) is 5.65 Å². The largest absolute Gasteiger partial charge is 0.355 e. The highest BCUT2D eigenvalue weighted by molar-refractivity contribution is 6.06. The molecule has 2 saturated heterocycles. The molecule has 5 heterocycles. The zero-order valence-electron chi connectivity index (χ0n) is 18.7. The van der Waals surface area contributed by atoms with Crippen LogP contribution in [0.25, 0.3) is 16.6 Å². The lowest BCUT2D eigenvalue weighted by Gasteiger charge is -2.35. The number of benzene rings is 1. The molecule has 0 radical (unpaired) electrons. The average Bonchev–Trinajstić information content (AvgIpc) is 3.57. The van der Waals surface area contributed by atoms with Crippen LogP contribution in [0.3, 0.4) is 0 Å². The number of rotatable bonds is 3. The molecule has 33 heavy (non-hydrogen) atoms. The molecule has 3 aromatic heterocycles. The topological polar surface area (TPSA) is 108 Å². The lowest BCUT2D eigenvalue weighted by Crippen LogP contribution is -2.38. The number of fused-ring (bicyclic) bond motifs is 2. The van der Waals surface area contributed by atoms with E-state index in [1.165, 1.54) is 0 Å². The Morgan fingerprint density at radius 1 is 1.21 bits per heavy atom. The van der Waals surface area contributed by atoms with Crippen LogP contribution in [0, 0.1) is 6.92 Å². The minimum absolute atomic E-state index is 0.0274. The predicted octanol–water partition coefficient (Wildman–Crippen LogP) is 2.82. The van der Waals surface area contributed by atoms with E-state index in [1.807, 2.05) is 39.9 Å². The van der Waals surface area contributed by atoms with Crippen molar-refractivity contribution in [2.24, 2.45) is 5.73 Å². The normalized spacial score (nSPS) is 21.4. The Balaban J connectivity index is 1.35. The monoisotopic (exact) mass is 444 g/mol. The van der Waals surface area contributed by atoms with Gasteiger partial charge in [0.05, 0.1) is 29.0 Å². The second-order valence-electron chi connectivity index (χ2n) is 9.26. The van der Waals surface area contributed by atoms with E-state index in [0.29, 0.717) is 5.56 Å². The molecule has 170 valence electrons. The molecule has 2 aliphatic heterocycles. The predicted molar refractivity (Wildman–Crippen MR) is 126 cm³/mol. The maximum absolute atomic E-state index is 13.6. The van der Waals surface area contributed by atoms with Crippen LogP contribution in [0.15, 0.2) is 36.7 Å². The summed E-state index contributed by atoms with van der Waals surface area (Å²) in [6, 6.07) is 7.88. The summed E-state index contributed by atoms with van der Waals surface area (Å²) >= 11 is 0. The van der Waals surface area contributed by atoms with Crippen molar-refractivity contribution < 1.29 is 4.79 Å². The number of likely N-dealkylation sites (tertiary alicyclic amines) is 1. The van der Waals surface area contributed by atoms with Gasteiger partial charge in [-0.3, -0.25) is 9.89 Å². The molecule has 0 aliphatic carbocycles. The van der Waals surface area contributed by atoms with Crippen LogP contribution in [0.2, 0.25) is 0 Å². The number of carbonyl (C=O) groups is 1. The van der Waals surface area contributed by atoms with E-state index in [-0.39, 0.29) is 18.0 Å². The van der Waals surface area contributed by atoms with Crippen molar-refractivity contribution in [1.29, 1.82) is 0 Å². The first-order chi connectivity index (χ1) is 16.1. The van der Waals surface area contributed by atoms with Crippen LogP contribution in [0.1, 0.15) is 53.3 Å². The molecule has 0 bridgehead atoms. The molecule has 9 heteroatoms. The molecule has 9 nitrogen and oxygen atoms in total. The van der Waals surface area contributed by atoms with Gasteiger partial charge in [-0.1, -0.05) is 6.07 Å². The maximum atomic E-state index is 13.6. The number of aryl methyl sites for hydroxylation is 1. The summed E-state index contributed by atoms with van der Waals surface area (Å²) in [5, 5.41) is 12.8. The lowest BCUT2D eigenvalue weighted by atomic mass is 9.97. The average molecular weight is 445 g/mol. The van der Waals surface area contributed by atoms with E-state index in [4.69, 9.17) is 15.8 Å². The van der Waals surface area contributed by atoms with Gasteiger partial charge in [0.25, 0.3) is 5.91 Å². The van der Waals surface area contributed by atoms with Crippen LogP contribution in [0.5, 0.6) is 0 Å². The quantitative estimate of drug-likeness (QED) is 0.503. The highest BCUT2D eigenvalue weighted by Crippen LogP contribution is 2.33. The Hall–Kier alpha value is -3.46. The van der Waals surface area contributed by atoms with Crippen LogP contribution < -0.4 is 10.6 Å². The number of anilines is 1. The van der Waals surface area contributed by atoms with E-state index in [0.717, 1.165) is 78.9 Å². The molecular formula is C24H28N8O. The number of aromatic nitrogens is 5. The van der Waals surface area contributed by atoms with Gasteiger partial charge in [-0.25, -0.2) is 9.50 Å². The number of nitrogens with one attached hydrogen (secondary N) is 1. The lowest BCUT2D eigenvalue weighted by molar-refractivity contribution is 0.0608. The molecule has 2 fully saturated rings. The first-order valence-electron chi connectivity index (χ1n) is 11.7. The Bertz CT molecular complexity index is 1340. The SMILES string of the molecule is Cc1cn2nc([C@@H]3CCCCN3C(=O)c3cccc4[nH]ncc34)cc2nc1N1CC[C@H](N)C1. The van der Waals surface area contributed by atoms with E-state index >= 15 is 0 Å². The third-order valence-electron chi connectivity index (χ3n) is 6.97. The fraction of sp³-hybridized carbons (Fsp3) is 0.417. The number of piperidine rings is 1. The van der Waals surface area contributed by atoms with Crippen molar-refractivity contribution in [2.75, 3.05) is 24.5 Å². The minimum atomic E-state index is -0.0703. The van der Waals surface area contributed by atoms with E-state index in [2.05, 4.69) is 22.0 Å². The zero-order chi connectivity index (χ0) is 22.5. The van der Waals surface area contributed by atoms with E-state index in [9.17, 15) is 4.79 Å². The summed E-state index contributed by atoms with van der Waals surface area (Å²) in [5.41, 5.74) is 10.4. The first kappa shape index (κ1) is 20.2. The minimum Gasteiger partial charge on any atom is -0.355 e. The Morgan fingerprint density at radius 3 is 2.97 bits per heavy atom. The van der Waals surface area contributed by atoms with Crippen molar-refractivity contribution >= 4 is 28.3 Å². The second-order valence-corrected chi connectivity index (χ2v) is 9.26. The molecule has 1 aromatic carbocycles. The van der Waals surface area contributed by atoms with Crippen molar-refractivity contribution in [1.82, 2.24) is 29.7 Å². The first-order valence-corrected chi connectivity index (χ1v) is 11.7. The van der Waals surface area contributed by atoms with Crippen LogP contribution in [0.4, 0.5) is 5.82 Å². The fourth-order valence-corrected chi connectivity index (χ4v) is 5.27. The standard InChI is InChI=1S/C24H28N8O/c1-15-13-32-22(27-23(15)30-10-8-16(25)14-30)11-20(29-32)21-7-2-3-9-31(21)24(33)17-5-4-6-19-18(17)12-26-28-19/h4-6,11-13,16,21H,2-3,7-10,14,25H2,1H3,(H,26,28)/t16-,21-/m0/s1. The van der Waals surface area contributed by atoms with Gasteiger partial charge in [0.2, 0.25) is 0 Å². The number of carbonyl (C=O) groups excluding carboxylic acids is 1. The molecule has 0 unspecified atom stereocenters. The molecule has 3 N–H and O–H groups in total. The maximum Gasteiger partial charge on any atom is 0.255 e. The summed E-state index contributed by atoms with van der Waals surface area (Å²) in [6.07, 6.45) is 7.70. The highest BCUT2D eigenvalue weighted by Gasteiger charge is 2.32. The number of amides is 1. The molecule has 2 aliphatic rings. The number of hydrogen-bond acceptors (Lipinski definition) is 6. The molecule has 0 saturated carbocycles. The summed E-state index contributed by atoms with van der Waals surface area (Å²) < 4.78 is 1.85. The summed E-state index contributed by atoms with van der Waals surface area (Å²) in [6.45, 7) is 4.54. The fourth-order valence-electron chi connectivity index (χ4n) is 5.27. The van der Waals surface area contributed by atoms with E-state index < -0.39 is 0 Å². The Kier molecular flexibility index (Phi) is 4.79. The Morgan fingerprint density at radius 2 is 2.12 bits per heavy atom. The Labute approximate surface area is 191 Å². The van der Waals surface area contributed by atoms with Crippen molar-refractivity contribution in [3.63, 3.8) is 0 Å². The van der Waals surface area contributed by atoms with Crippen LogP contribution in [-0.2, 0) is 0 Å². The van der Waals surface area contributed by atoms with Crippen LogP contribution in [-0.4, -0.2) is 61.3 Å². The van der Waals surface area contributed by atoms with Crippen molar-refractivity contribution in [2.45, 2.75) is 44.7 Å². The third-order valence-corrected chi connectivity index (χ3v) is 6.97. The van der Waals surface area contributed by atoms with Gasteiger partial charge < -0.3 is 15.5 Å². The van der Waals surface area contributed by atoms with Gasteiger partial charge >= 0.3 is 0 Å². The summed E-state index contributed by atoms with van der Waals surface area (Å²) in [7, 11) is 0. The number of hydrogen-bond donors (Lipinski definition) is 2. The van der Waals surface area contributed by atoms with Crippen LogP contribution >= 0.6 is 0 Å². The smallest absolute Gasteiger partial charge is 0.255 e. The van der Waals surface area contributed by atoms with Gasteiger partial charge in [0.1, 0.15) is 5.82 Å². The van der Waals surface area contributed by atoms with Gasteiger partial charge in [-0.15, -0.1) is 0 Å². The van der Waals surface area contributed by atoms with Gasteiger partial charge in [-0.2, -0.15) is 10.2 Å². The summed E-state index contributed by atoms with van der Waals surface area (Å²) in [5.74, 6) is 1.00. The van der Waals surface area contributed by atoms with Crippen molar-refractivity contribution in [3.8, 4) is 0 Å². The molecule has 4 aromatic rings. The number of nitrogens with two attached hydrogens (primary N) is 1. The zero-order valence-corrected chi connectivity index (χ0v) is 18.7. The molecule has 2 atom stereocenters. The number of nitrogens with zero attached hydrogens (tertiary/aromatic N) is 6.